The second-order valence-corrected chi connectivity index (χ2v) is 5.28. The lowest BCUT2D eigenvalue weighted by Gasteiger charge is -2.18. The van der Waals surface area contributed by atoms with Crippen LogP contribution in [0.4, 0.5) is 28.0 Å². The molecule has 2 N–H and O–H groups in total. The quantitative estimate of drug-likeness (QED) is 0.822. The lowest BCUT2D eigenvalue weighted by atomic mass is 9.96. The fourth-order valence-electron chi connectivity index (χ4n) is 2.50. The number of carbonyl (C=O) groups excluding carboxylic acids is 1. The molecule has 0 spiro atoms. The van der Waals surface area contributed by atoms with Crippen LogP contribution < -0.4 is 10.1 Å². The summed E-state index contributed by atoms with van der Waals surface area (Å²) in [5.74, 6) is -6.31. The maximum absolute atomic E-state index is 13.5. The van der Waals surface area contributed by atoms with Gasteiger partial charge in [-0.05, 0) is 12.1 Å². The molecule has 1 aromatic carbocycles. The summed E-state index contributed by atoms with van der Waals surface area (Å²) in [6, 6.07) is 2.57. The molecule has 2 atom stereocenters. The van der Waals surface area contributed by atoms with Gasteiger partial charge in [-0.15, -0.1) is 0 Å². The van der Waals surface area contributed by atoms with Gasteiger partial charge in [0.2, 0.25) is 0 Å². The number of halogens is 4. The number of ether oxygens (including phenoxy) is 1. The van der Waals surface area contributed by atoms with Crippen molar-refractivity contribution in [3.05, 3.63) is 24.0 Å². The summed E-state index contributed by atoms with van der Waals surface area (Å²) in [5.41, 5.74) is 0.0145. The van der Waals surface area contributed by atoms with Crippen molar-refractivity contribution in [2.24, 2.45) is 11.8 Å². The molecule has 0 saturated carbocycles. The van der Waals surface area contributed by atoms with E-state index in [0.29, 0.717) is 0 Å². The van der Waals surface area contributed by atoms with Crippen LogP contribution in [0.15, 0.2) is 18.2 Å². The molecule has 1 aromatic rings. The second kappa shape index (κ2) is 6.54. The first kappa shape index (κ1) is 17.8. The van der Waals surface area contributed by atoms with E-state index in [1.54, 1.807) is 0 Å². The van der Waals surface area contributed by atoms with Crippen LogP contribution in [0, 0.1) is 17.7 Å². The van der Waals surface area contributed by atoms with Gasteiger partial charge in [-0.1, -0.05) is 0 Å². The monoisotopic (exact) mass is 350 g/mol. The third-order valence-electron chi connectivity index (χ3n) is 3.75. The Hall–Kier alpha value is -2.52. The molecule has 24 heavy (non-hydrogen) atoms. The number of alkyl halides is 3. The number of hydrogen-bond donors (Lipinski definition) is 2. The Morgan fingerprint density at radius 3 is 2.46 bits per heavy atom. The molecule has 0 bridgehead atoms. The van der Waals surface area contributed by atoms with Gasteiger partial charge in [-0.25, -0.2) is 9.18 Å². The largest absolute Gasteiger partial charge is 0.494 e. The van der Waals surface area contributed by atoms with Crippen LogP contribution in [-0.2, 0) is 4.79 Å². The number of likely N-dealkylation sites (tertiary alicyclic amines) is 1. The first-order chi connectivity index (χ1) is 11.1. The number of nitrogens with zero attached hydrogens (tertiary/aromatic N) is 1. The molecule has 2 amide bonds. The maximum atomic E-state index is 13.5. The number of carboxylic acid groups (broad SMARTS) is 1. The third kappa shape index (κ3) is 3.69. The molecule has 1 saturated heterocycles. The highest BCUT2D eigenvalue weighted by atomic mass is 19.4. The highest BCUT2D eigenvalue weighted by Gasteiger charge is 2.53. The van der Waals surface area contributed by atoms with Gasteiger partial charge in [0.15, 0.2) is 11.6 Å². The summed E-state index contributed by atoms with van der Waals surface area (Å²) in [6.07, 6.45) is -4.73. The molecule has 6 nitrogen and oxygen atoms in total. The van der Waals surface area contributed by atoms with Crippen molar-refractivity contribution in [3.63, 3.8) is 0 Å². The fraction of sp³-hybridized carbons (Fsp3) is 0.429. The van der Waals surface area contributed by atoms with Crippen LogP contribution >= 0.6 is 0 Å². The van der Waals surface area contributed by atoms with E-state index in [0.717, 1.165) is 11.0 Å². The minimum Gasteiger partial charge on any atom is -0.494 e. The molecule has 1 heterocycles. The van der Waals surface area contributed by atoms with Gasteiger partial charge >= 0.3 is 18.2 Å². The zero-order valence-electron chi connectivity index (χ0n) is 12.4. The number of nitrogens with one attached hydrogen (secondary N) is 1. The Morgan fingerprint density at radius 2 is 2.00 bits per heavy atom. The smallest absolute Gasteiger partial charge is 0.394 e. The lowest BCUT2D eigenvalue weighted by molar-refractivity contribution is -0.187. The van der Waals surface area contributed by atoms with Crippen LogP contribution in [0.3, 0.4) is 0 Å². The standard InChI is InChI=1S/C14H14F4N2O4/c1-24-11-3-2-7(4-10(11)15)19-13(23)20-5-8(12(21)22)9(6-20)14(16,17)18/h2-4,8-9H,5-6H2,1H3,(H,19,23)(H,21,22)/t8-,9-/m1/s1. The number of amides is 2. The molecule has 0 unspecified atom stereocenters. The van der Waals surface area contributed by atoms with Crippen molar-refractivity contribution in [1.29, 1.82) is 0 Å². The average molecular weight is 350 g/mol. The van der Waals surface area contributed by atoms with Gasteiger partial charge in [0, 0.05) is 24.8 Å². The first-order valence-corrected chi connectivity index (χ1v) is 6.82. The number of aliphatic carboxylic acids is 1. The summed E-state index contributed by atoms with van der Waals surface area (Å²) in [7, 11) is 1.25. The number of carboxylic acids is 1. The third-order valence-corrected chi connectivity index (χ3v) is 3.75. The highest BCUT2D eigenvalue weighted by Crippen LogP contribution is 2.38. The summed E-state index contributed by atoms with van der Waals surface area (Å²) in [6.45, 7) is -1.35. The van der Waals surface area contributed by atoms with E-state index in [4.69, 9.17) is 9.84 Å². The Labute approximate surface area is 134 Å². The number of rotatable bonds is 3. The number of carbonyl (C=O) groups is 2. The van der Waals surface area contributed by atoms with E-state index in [1.807, 2.05) is 0 Å². The van der Waals surface area contributed by atoms with Gasteiger partial charge < -0.3 is 20.1 Å². The first-order valence-electron chi connectivity index (χ1n) is 6.82. The molecule has 2 rings (SSSR count). The van der Waals surface area contributed by atoms with Crippen LogP contribution in [0.1, 0.15) is 0 Å². The predicted octanol–water partition coefficient (Wildman–Crippen LogP) is 2.56. The SMILES string of the molecule is COc1ccc(NC(=O)N2C[C@@H](C(F)(F)F)[C@H](C(=O)O)C2)cc1F. The normalized spacial score (nSPS) is 20.8. The summed E-state index contributed by atoms with van der Waals surface area (Å²) in [5, 5.41) is 11.1. The molecule has 10 heteroatoms. The van der Waals surface area contributed by atoms with E-state index in [1.165, 1.54) is 19.2 Å². The van der Waals surface area contributed by atoms with Crippen LogP contribution in [0.5, 0.6) is 5.75 Å². The predicted molar refractivity (Wildman–Crippen MR) is 74.2 cm³/mol. The second-order valence-electron chi connectivity index (χ2n) is 5.28. The van der Waals surface area contributed by atoms with Crippen molar-refractivity contribution in [3.8, 4) is 5.75 Å². The molecule has 0 aromatic heterocycles. The number of hydrogen-bond acceptors (Lipinski definition) is 3. The zero-order valence-corrected chi connectivity index (χ0v) is 12.4. The molecule has 0 aliphatic carbocycles. The topological polar surface area (TPSA) is 78.9 Å². The van der Waals surface area contributed by atoms with Crippen molar-refractivity contribution >= 4 is 17.7 Å². The highest BCUT2D eigenvalue weighted by molar-refractivity contribution is 5.90. The molecule has 1 aliphatic heterocycles. The number of methoxy groups -OCH3 is 1. The Kier molecular flexibility index (Phi) is 4.86. The minimum atomic E-state index is -4.73. The van der Waals surface area contributed by atoms with Crippen molar-refractivity contribution in [1.82, 2.24) is 4.90 Å². The molecule has 132 valence electrons. The van der Waals surface area contributed by atoms with Gasteiger partial charge in [-0.2, -0.15) is 13.2 Å². The van der Waals surface area contributed by atoms with Crippen LogP contribution in [0.25, 0.3) is 0 Å². The number of benzene rings is 1. The van der Waals surface area contributed by atoms with E-state index in [-0.39, 0.29) is 11.4 Å². The summed E-state index contributed by atoms with van der Waals surface area (Å²) in [4.78, 5) is 23.7. The molecule has 1 aliphatic rings. The van der Waals surface area contributed by atoms with Crippen molar-refractivity contribution in [2.75, 3.05) is 25.5 Å². The average Bonchev–Trinajstić information content (AvgIpc) is 2.93. The maximum Gasteiger partial charge on any atom is 0.394 e. The molecular formula is C14H14F4N2O4. The molecule has 0 radical (unpaired) electrons. The van der Waals surface area contributed by atoms with Crippen molar-refractivity contribution < 1.29 is 37.0 Å². The Balaban J connectivity index is 2.10. The Bertz CT molecular complexity index is 650. The summed E-state index contributed by atoms with van der Waals surface area (Å²) >= 11 is 0. The van der Waals surface area contributed by atoms with Crippen LogP contribution in [0.2, 0.25) is 0 Å². The van der Waals surface area contributed by atoms with E-state index >= 15 is 0 Å². The van der Waals surface area contributed by atoms with Gasteiger partial charge in [0.1, 0.15) is 0 Å². The van der Waals surface area contributed by atoms with E-state index in [9.17, 15) is 27.2 Å². The summed E-state index contributed by atoms with van der Waals surface area (Å²) < 4.78 is 56.9. The molecule has 1 fully saturated rings. The fourth-order valence-corrected chi connectivity index (χ4v) is 2.50. The van der Waals surface area contributed by atoms with E-state index in [2.05, 4.69) is 5.32 Å². The number of urea groups is 1. The zero-order chi connectivity index (χ0) is 18.1. The Morgan fingerprint density at radius 1 is 1.33 bits per heavy atom. The van der Waals surface area contributed by atoms with Gasteiger partial charge in [-0.3, -0.25) is 4.79 Å². The van der Waals surface area contributed by atoms with E-state index < -0.39 is 48.9 Å². The van der Waals surface area contributed by atoms with Crippen LogP contribution in [-0.4, -0.2) is 48.4 Å². The van der Waals surface area contributed by atoms with Crippen molar-refractivity contribution in [2.45, 2.75) is 6.18 Å². The number of anilines is 1. The minimum absolute atomic E-state index is 0.0145. The van der Waals surface area contributed by atoms with Gasteiger partial charge in [0.25, 0.3) is 0 Å². The lowest BCUT2D eigenvalue weighted by Crippen LogP contribution is -2.35. The molecular weight excluding hydrogens is 336 g/mol. The van der Waals surface area contributed by atoms with Gasteiger partial charge in [0.05, 0.1) is 18.9 Å².